The summed E-state index contributed by atoms with van der Waals surface area (Å²) in [5, 5.41) is 0.923. The third-order valence-electron chi connectivity index (χ3n) is 5.08. The summed E-state index contributed by atoms with van der Waals surface area (Å²) in [5.74, 6) is 0. The highest BCUT2D eigenvalue weighted by Crippen LogP contribution is 2.42. The number of hydrogen-bond donors (Lipinski definition) is 0. The number of benzene rings is 1. The summed E-state index contributed by atoms with van der Waals surface area (Å²) in [7, 11) is 3.94. The summed E-state index contributed by atoms with van der Waals surface area (Å²) in [5.41, 5.74) is 2.35. The third kappa shape index (κ3) is 2.50. The first-order valence-corrected chi connectivity index (χ1v) is 9.44. The van der Waals surface area contributed by atoms with Crippen LogP contribution in [0.4, 0.5) is 11.4 Å². The Hall–Kier alpha value is -2.39. The van der Waals surface area contributed by atoms with Gasteiger partial charge in [-0.2, -0.15) is 0 Å². The van der Waals surface area contributed by atoms with Gasteiger partial charge in [0.05, 0.1) is 18.4 Å². The number of fused-ring (bicyclic) bond motifs is 3. The minimum atomic E-state index is 0.0405. The molecule has 0 saturated heterocycles. The van der Waals surface area contributed by atoms with E-state index in [1.165, 1.54) is 30.6 Å². The van der Waals surface area contributed by atoms with Crippen molar-refractivity contribution in [1.29, 1.82) is 0 Å². The molecule has 128 valence electrons. The first-order chi connectivity index (χ1) is 12.1. The van der Waals surface area contributed by atoms with Crippen LogP contribution >= 0.6 is 11.3 Å². The first-order valence-electron chi connectivity index (χ1n) is 8.63. The van der Waals surface area contributed by atoms with Gasteiger partial charge in [0.25, 0.3) is 5.56 Å². The lowest BCUT2D eigenvalue weighted by Gasteiger charge is -2.23. The summed E-state index contributed by atoms with van der Waals surface area (Å²) < 4.78 is 3.36. The molecule has 1 saturated carbocycles. The van der Waals surface area contributed by atoms with E-state index in [4.69, 9.17) is 6.57 Å². The highest BCUT2D eigenvalue weighted by Gasteiger charge is 2.21. The number of anilines is 1. The number of rotatable bonds is 2. The van der Waals surface area contributed by atoms with Crippen LogP contribution in [0.5, 0.6) is 0 Å². The van der Waals surface area contributed by atoms with Crippen LogP contribution < -0.4 is 10.5 Å². The Labute approximate surface area is 150 Å². The predicted molar refractivity (Wildman–Crippen MR) is 104 cm³/mol. The van der Waals surface area contributed by atoms with E-state index in [1.54, 1.807) is 6.33 Å². The largest absolute Gasteiger partial charge is 0.377 e. The second kappa shape index (κ2) is 6.16. The molecule has 3 aromatic rings. The molecule has 0 unspecified atom stereocenters. The molecule has 2 heterocycles. The Morgan fingerprint density at radius 3 is 2.68 bits per heavy atom. The van der Waals surface area contributed by atoms with E-state index >= 15 is 0 Å². The molecule has 0 radical (unpaired) electrons. The molecule has 0 amide bonds. The highest BCUT2D eigenvalue weighted by molar-refractivity contribution is 7.26. The zero-order chi connectivity index (χ0) is 17.6. The average Bonchev–Trinajstić information content (AvgIpc) is 3.02. The van der Waals surface area contributed by atoms with Gasteiger partial charge >= 0.3 is 0 Å². The van der Waals surface area contributed by atoms with Crippen LogP contribution in [-0.4, -0.2) is 23.6 Å². The van der Waals surface area contributed by atoms with Crippen LogP contribution in [-0.2, 0) is 0 Å². The Bertz CT molecular complexity index is 1050. The number of aromatic nitrogens is 2. The maximum Gasteiger partial charge on any atom is 0.271 e. The molecule has 5 nitrogen and oxygen atoms in total. The van der Waals surface area contributed by atoms with Gasteiger partial charge in [-0.05, 0) is 18.9 Å². The van der Waals surface area contributed by atoms with Crippen molar-refractivity contribution in [2.75, 3.05) is 19.0 Å². The summed E-state index contributed by atoms with van der Waals surface area (Å²) >= 11 is 1.41. The molecule has 0 bridgehead atoms. The molecule has 1 aliphatic carbocycles. The molecule has 1 aliphatic rings. The van der Waals surface area contributed by atoms with E-state index in [0.29, 0.717) is 10.4 Å². The van der Waals surface area contributed by atoms with Crippen molar-refractivity contribution < 1.29 is 0 Å². The lowest BCUT2D eigenvalue weighted by atomic mass is 9.95. The normalized spacial score (nSPS) is 15.6. The highest BCUT2D eigenvalue weighted by atomic mass is 32.1. The molecule has 0 aliphatic heterocycles. The van der Waals surface area contributed by atoms with Crippen LogP contribution in [0.15, 0.2) is 23.3 Å². The van der Waals surface area contributed by atoms with E-state index in [-0.39, 0.29) is 11.6 Å². The van der Waals surface area contributed by atoms with Gasteiger partial charge in [-0.3, -0.25) is 9.36 Å². The van der Waals surface area contributed by atoms with Crippen LogP contribution in [0.25, 0.3) is 25.1 Å². The molecule has 2 aromatic heterocycles. The van der Waals surface area contributed by atoms with Crippen molar-refractivity contribution in [3.8, 4) is 0 Å². The van der Waals surface area contributed by atoms with Crippen molar-refractivity contribution in [1.82, 2.24) is 9.55 Å². The molecule has 4 rings (SSSR count). The minimum absolute atomic E-state index is 0.0405. The fraction of sp³-hybridized carbons (Fsp3) is 0.421. The van der Waals surface area contributed by atoms with Gasteiger partial charge in [-0.1, -0.05) is 25.3 Å². The molecule has 0 spiro atoms. The Morgan fingerprint density at radius 2 is 2.00 bits per heavy atom. The Kier molecular flexibility index (Phi) is 3.97. The average molecular weight is 352 g/mol. The van der Waals surface area contributed by atoms with Crippen molar-refractivity contribution >= 4 is 43.0 Å². The SMILES string of the molecule is [C-]#[N+]c1ccc(N(C)C)c2c1sc1c(=O)n(C3CCCCC3)cnc12. The zero-order valence-corrected chi connectivity index (χ0v) is 15.3. The third-order valence-corrected chi connectivity index (χ3v) is 6.27. The maximum atomic E-state index is 13.1. The van der Waals surface area contributed by atoms with E-state index < -0.39 is 0 Å². The van der Waals surface area contributed by atoms with Gasteiger partial charge in [0.2, 0.25) is 5.69 Å². The van der Waals surface area contributed by atoms with Crippen molar-refractivity contribution in [3.63, 3.8) is 0 Å². The second-order valence-corrected chi connectivity index (χ2v) is 7.86. The molecular formula is C19H20N4OS. The number of nitrogens with zero attached hydrogens (tertiary/aromatic N) is 4. The Morgan fingerprint density at radius 1 is 1.24 bits per heavy atom. The van der Waals surface area contributed by atoms with Gasteiger partial charge in [0.15, 0.2) is 0 Å². The van der Waals surface area contributed by atoms with Crippen molar-refractivity contribution in [3.05, 3.63) is 40.2 Å². The second-order valence-electron chi connectivity index (χ2n) is 6.84. The van der Waals surface area contributed by atoms with Crippen LogP contribution in [0.2, 0.25) is 0 Å². The molecule has 6 heteroatoms. The van der Waals surface area contributed by atoms with E-state index in [0.717, 1.165) is 34.1 Å². The molecule has 1 fully saturated rings. The molecule has 0 atom stereocenters. The molecule has 0 N–H and O–H groups in total. The van der Waals surface area contributed by atoms with Gasteiger partial charge < -0.3 is 4.90 Å². The Balaban J connectivity index is 2.02. The quantitative estimate of drug-likeness (QED) is 0.626. The summed E-state index contributed by atoms with van der Waals surface area (Å²) in [6, 6.07) is 4.03. The standard InChI is InChI=1S/C19H20N4OS/c1-20-13-9-10-14(22(2)3)15-16-18(25-17(13)15)19(24)23(11-21-16)12-7-5-4-6-8-12/h9-12H,4-8H2,2-3H3. The molecular weight excluding hydrogens is 332 g/mol. The monoisotopic (exact) mass is 352 g/mol. The van der Waals surface area contributed by atoms with Gasteiger partial charge in [-0.15, -0.1) is 11.3 Å². The first kappa shape index (κ1) is 16.1. The predicted octanol–water partition coefficient (Wildman–Crippen LogP) is 4.73. The fourth-order valence-electron chi connectivity index (χ4n) is 3.80. The van der Waals surface area contributed by atoms with Gasteiger partial charge in [0, 0.05) is 35.9 Å². The summed E-state index contributed by atoms with van der Waals surface area (Å²) in [6.45, 7) is 7.45. The number of hydrogen-bond acceptors (Lipinski definition) is 4. The van der Waals surface area contributed by atoms with Crippen molar-refractivity contribution in [2.24, 2.45) is 0 Å². The van der Waals surface area contributed by atoms with E-state index in [9.17, 15) is 4.79 Å². The molecule has 1 aromatic carbocycles. The zero-order valence-electron chi connectivity index (χ0n) is 14.5. The van der Waals surface area contributed by atoms with E-state index in [1.807, 2.05) is 35.7 Å². The smallest absolute Gasteiger partial charge is 0.271 e. The van der Waals surface area contributed by atoms with Crippen LogP contribution in [0, 0.1) is 6.57 Å². The maximum absolute atomic E-state index is 13.1. The lowest BCUT2D eigenvalue weighted by molar-refractivity contribution is 0.345. The van der Waals surface area contributed by atoms with E-state index in [2.05, 4.69) is 9.83 Å². The van der Waals surface area contributed by atoms with Gasteiger partial charge in [-0.25, -0.2) is 9.83 Å². The van der Waals surface area contributed by atoms with Crippen LogP contribution in [0.3, 0.4) is 0 Å². The fourth-order valence-corrected chi connectivity index (χ4v) is 4.96. The summed E-state index contributed by atoms with van der Waals surface area (Å²) in [4.78, 5) is 23.4. The van der Waals surface area contributed by atoms with Gasteiger partial charge in [0.1, 0.15) is 4.70 Å². The topological polar surface area (TPSA) is 42.5 Å². The minimum Gasteiger partial charge on any atom is -0.377 e. The summed E-state index contributed by atoms with van der Waals surface area (Å²) in [6.07, 6.45) is 7.42. The van der Waals surface area contributed by atoms with Crippen molar-refractivity contribution in [2.45, 2.75) is 38.1 Å². The van der Waals surface area contributed by atoms with Crippen LogP contribution in [0.1, 0.15) is 38.1 Å². The molecule has 25 heavy (non-hydrogen) atoms. The lowest BCUT2D eigenvalue weighted by Crippen LogP contribution is -2.26. The number of thiophene rings is 1.